The Balaban J connectivity index is 1.54. The molecule has 13 nitrogen and oxygen atoms in total. The number of aliphatic hydroxyl groups is 8. The summed E-state index contributed by atoms with van der Waals surface area (Å²) in [5.74, 6) is 0. The van der Waals surface area contributed by atoms with E-state index in [2.05, 4.69) is 0 Å². The third kappa shape index (κ3) is 4.46. The van der Waals surface area contributed by atoms with E-state index in [9.17, 15) is 40.9 Å². The molecule has 0 aromatic carbocycles. The molecule has 0 radical (unpaired) electrons. The van der Waals surface area contributed by atoms with E-state index in [0.29, 0.717) is 0 Å². The first-order valence-electron chi connectivity index (χ1n) is 8.81. The van der Waals surface area contributed by atoms with Crippen LogP contribution in [0.15, 0.2) is 0 Å². The molecule has 3 heterocycles. The molecular formula is C15H26O13. The van der Waals surface area contributed by atoms with Crippen LogP contribution in [-0.4, -0.2) is 134 Å². The Bertz CT molecular complexity index is 464. The van der Waals surface area contributed by atoms with Crippen molar-refractivity contribution in [3.63, 3.8) is 0 Å². The molecule has 3 fully saturated rings. The summed E-state index contributed by atoms with van der Waals surface area (Å²) in [6.07, 6.45) is -17.3. The van der Waals surface area contributed by atoms with Gasteiger partial charge in [-0.2, -0.15) is 0 Å². The molecular weight excluding hydrogens is 388 g/mol. The van der Waals surface area contributed by atoms with Gasteiger partial charge in [0.15, 0.2) is 18.9 Å². The summed E-state index contributed by atoms with van der Waals surface area (Å²) >= 11 is 0. The van der Waals surface area contributed by atoms with E-state index >= 15 is 0 Å². The summed E-state index contributed by atoms with van der Waals surface area (Å²) in [5.41, 5.74) is 0. The first-order chi connectivity index (χ1) is 13.2. The highest BCUT2D eigenvalue weighted by Crippen LogP contribution is 2.26. The van der Waals surface area contributed by atoms with E-state index in [4.69, 9.17) is 23.7 Å². The van der Waals surface area contributed by atoms with Gasteiger partial charge in [0, 0.05) is 0 Å². The Hall–Kier alpha value is -0.520. The van der Waals surface area contributed by atoms with Gasteiger partial charge in [0.25, 0.3) is 0 Å². The van der Waals surface area contributed by atoms with Gasteiger partial charge < -0.3 is 64.5 Å². The fraction of sp³-hybridized carbons (Fsp3) is 1.00. The molecule has 3 aliphatic heterocycles. The molecule has 8 N–H and O–H groups in total. The predicted octanol–water partition coefficient (Wildman–Crippen LogP) is -5.66. The Morgan fingerprint density at radius 2 is 0.964 bits per heavy atom. The minimum atomic E-state index is -1.63. The van der Waals surface area contributed by atoms with Crippen molar-refractivity contribution in [2.45, 2.75) is 73.8 Å². The summed E-state index contributed by atoms with van der Waals surface area (Å²) in [5, 5.41) is 78.3. The summed E-state index contributed by atoms with van der Waals surface area (Å²) < 4.78 is 25.9. The van der Waals surface area contributed by atoms with Crippen molar-refractivity contribution >= 4 is 0 Å². The van der Waals surface area contributed by atoms with Crippen molar-refractivity contribution < 1.29 is 64.5 Å². The zero-order valence-electron chi connectivity index (χ0n) is 14.7. The van der Waals surface area contributed by atoms with Crippen LogP contribution in [0.3, 0.4) is 0 Å². The molecule has 0 aromatic heterocycles. The number of rotatable bonds is 4. The first kappa shape index (κ1) is 22.2. The third-order valence-corrected chi connectivity index (χ3v) is 4.96. The molecule has 0 aromatic rings. The highest BCUT2D eigenvalue weighted by atomic mass is 16.7. The van der Waals surface area contributed by atoms with E-state index in [-0.39, 0.29) is 19.8 Å². The number of aliphatic hydroxyl groups excluding tert-OH is 8. The molecule has 13 heteroatoms. The average Bonchev–Trinajstić information content (AvgIpc) is 2.68. The molecule has 28 heavy (non-hydrogen) atoms. The van der Waals surface area contributed by atoms with Gasteiger partial charge in [-0.1, -0.05) is 0 Å². The third-order valence-electron chi connectivity index (χ3n) is 4.96. The van der Waals surface area contributed by atoms with Crippen molar-refractivity contribution in [3.05, 3.63) is 0 Å². The number of hydrogen-bond acceptors (Lipinski definition) is 13. The minimum Gasteiger partial charge on any atom is -0.388 e. The molecule has 3 aliphatic rings. The summed E-state index contributed by atoms with van der Waals surface area (Å²) in [7, 11) is 0. The lowest BCUT2D eigenvalue weighted by Crippen LogP contribution is -2.61. The van der Waals surface area contributed by atoms with Crippen molar-refractivity contribution in [1.82, 2.24) is 0 Å². The van der Waals surface area contributed by atoms with E-state index < -0.39 is 73.8 Å². The normalized spacial score (nSPS) is 53.1. The Morgan fingerprint density at radius 1 is 0.500 bits per heavy atom. The molecule has 3 saturated heterocycles. The lowest BCUT2D eigenvalue weighted by atomic mass is 10.0. The second-order valence-corrected chi connectivity index (χ2v) is 6.99. The summed E-state index contributed by atoms with van der Waals surface area (Å²) in [6.45, 7) is -0.887. The topological polar surface area (TPSA) is 208 Å². The van der Waals surface area contributed by atoms with Crippen LogP contribution >= 0.6 is 0 Å². The van der Waals surface area contributed by atoms with Crippen molar-refractivity contribution in [1.29, 1.82) is 0 Å². The van der Waals surface area contributed by atoms with Crippen LogP contribution in [0.4, 0.5) is 0 Å². The second kappa shape index (κ2) is 9.09. The minimum absolute atomic E-state index is 0.287. The molecule has 164 valence electrons. The van der Waals surface area contributed by atoms with Crippen LogP contribution in [0.1, 0.15) is 0 Å². The maximum Gasteiger partial charge on any atom is 0.186 e. The highest BCUT2D eigenvalue weighted by Gasteiger charge is 2.47. The Morgan fingerprint density at radius 3 is 1.57 bits per heavy atom. The van der Waals surface area contributed by atoms with Gasteiger partial charge in [-0.25, -0.2) is 0 Å². The predicted molar refractivity (Wildman–Crippen MR) is 83.2 cm³/mol. The van der Waals surface area contributed by atoms with Gasteiger partial charge >= 0.3 is 0 Å². The largest absolute Gasteiger partial charge is 0.388 e. The van der Waals surface area contributed by atoms with E-state index in [0.717, 1.165) is 0 Å². The van der Waals surface area contributed by atoms with Crippen molar-refractivity contribution in [2.75, 3.05) is 19.8 Å². The lowest BCUT2D eigenvalue weighted by Gasteiger charge is -2.43. The second-order valence-electron chi connectivity index (χ2n) is 6.99. The number of ether oxygens (including phenoxy) is 5. The van der Waals surface area contributed by atoms with Crippen LogP contribution in [-0.2, 0) is 23.7 Å². The standard InChI is InChI=1S/C15H26O13/c16-4-1-25-14(11(21)7(4)17)28-6-3-26-15(12(22)9(6)19)27-5-2-24-13(23)10(20)8(5)18/h4-23H,1-3H2/t4-,5-,6-,7-,8-,9-,10?,11?,12?,13-,14+,15+/m1/s1. The van der Waals surface area contributed by atoms with Crippen LogP contribution in [0, 0.1) is 0 Å². The molecule has 0 spiro atoms. The van der Waals surface area contributed by atoms with Crippen LogP contribution in [0.2, 0.25) is 0 Å². The van der Waals surface area contributed by atoms with Gasteiger partial charge in [0.1, 0.15) is 54.9 Å². The quantitative estimate of drug-likeness (QED) is 0.216. The van der Waals surface area contributed by atoms with E-state index in [1.54, 1.807) is 0 Å². The van der Waals surface area contributed by atoms with Gasteiger partial charge in [-0.15, -0.1) is 0 Å². The Labute approximate surface area is 159 Å². The fourth-order valence-electron chi connectivity index (χ4n) is 3.15. The van der Waals surface area contributed by atoms with Gasteiger partial charge in [0.2, 0.25) is 0 Å². The molecule has 0 saturated carbocycles. The van der Waals surface area contributed by atoms with Gasteiger partial charge in [-0.3, -0.25) is 0 Å². The zero-order valence-corrected chi connectivity index (χ0v) is 14.7. The highest BCUT2D eigenvalue weighted by molar-refractivity contribution is 4.89. The van der Waals surface area contributed by atoms with E-state index in [1.807, 2.05) is 0 Å². The molecule has 3 unspecified atom stereocenters. The molecule has 12 atom stereocenters. The molecule has 0 amide bonds. The lowest BCUT2D eigenvalue weighted by molar-refractivity contribution is -0.346. The van der Waals surface area contributed by atoms with Gasteiger partial charge in [-0.05, 0) is 0 Å². The van der Waals surface area contributed by atoms with Crippen molar-refractivity contribution in [2.24, 2.45) is 0 Å². The monoisotopic (exact) mass is 414 g/mol. The summed E-state index contributed by atoms with van der Waals surface area (Å²) in [4.78, 5) is 0. The van der Waals surface area contributed by atoms with Crippen molar-refractivity contribution in [3.8, 4) is 0 Å². The molecule has 0 aliphatic carbocycles. The SMILES string of the molecule is OC1[C@H](O[C@@H]2CO[C@@H](O[C@@H]3CO[C@@H](O)C(O)[C@@H]3O)C(O)[C@@H]2O)OC[C@@H](O)[C@H]1O. The maximum atomic E-state index is 10.3. The first-order valence-corrected chi connectivity index (χ1v) is 8.81. The number of hydrogen-bond donors (Lipinski definition) is 8. The van der Waals surface area contributed by atoms with Crippen LogP contribution < -0.4 is 0 Å². The summed E-state index contributed by atoms with van der Waals surface area (Å²) in [6, 6.07) is 0. The average molecular weight is 414 g/mol. The maximum absolute atomic E-state index is 10.3. The molecule has 0 bridgehead atoms. The smallest absolute Gasteiger partial charge is 0.186 e. The van der Waals surface area contributed by atoms with Crippen LogP contribution in [0.25, 0.3) is 0 Å². The van der Waals surface area contributed by atoms with Crippen LogP contribution in [0.5, 0.6) is 0 Å². The van der Waals surface area contributed by atoms with E-state index in [1.165, 1.54) is 0 Å². The fourth-order valence-corrected chi connectivity index (χ4v) is 3.15. The zero-order chi connectivity index (χ0) is 20.6. The van der Waals surface area contributed by atoms with Gasteiger partial charge in [0.05, 0.1) is 19.8 Å². The molecule has 3 rings (SSSR count). The Kier molecular flexibility index (Phi) is 7.20.